The summed E-state index contributed by atoms with van der Waals surface area (Å²) in [5, 5.41) is 0. The van der Waals surface area contributed by atoms with Gasteiger partial charge < -0.3 is 4.74 Å². The van der Waals surface area contributed by atoms with Crippen molar-refractivity contribution in [2.24, 2.45) is 50.2 Å². The number of carbonyl (C=O) groups excluding carboxylic acids is 3. The van der Waals surface area contributed by atoms with Crippen LogP contribution in [-0.4, -0.2) is 29.4 Å². The van der Waals surface area contributed by atoms with Crippen molar-refractivity contribution in [3.05, 3.63) is 11.6 Å². The molecule has 5 aliphatic carbocycles. The van der Waals surface area contributed by atoms with Crippen molar-refractivity contribution in [3.8, 4) is 0 Å². The number of hydrogen-bond donors (Lipinski definition) is 1. The molecule has 5 rings (SSSR count). The van der Waals surface area contributed by atoms with Crippen molar-refractivity contribution < 1.29 is 24.0 Å². The number of fused-ring (bicyclic) bond motifs is 7. The number of ketones is 1. The molecule has 4 fully saturated rings. The summed E-state index contributed by atoms with van der Waals surface area (Å²) in [4.78, 5) is 45.8. The zero-order valence-corrected chi connectivity index (χ0v) is 28.3. The number of rotatable bonds is 3. The van der Waals surface area contributed by atoms with E-state index in [9.17, 15) is 14.4 Å². The van der Waals surface area contributed by atoms with Crippen LogP contribution in [0.3, 0.4) is 0 Å². The minimum atomic E-state index is -0.544. The predicted octanol–water partition coefficient (Wildman–Crippen LogP) is 7.75. The number of hydrogen-bond acceptors (Lipinski definition) is 5. The number of ether oxygens (including phenoxy) is 1. The largest absolute Gasteiger partial charge is 0.462 e. The fraction of sp³-hybridized carbons (Fsp3) is 0.861. The minimum Gasteiger partial charge on any atom is -0.462 e. The van der Waals surface area contributed by atoms with E-state index in [2.05, 4.69) is 60.0 Å². The molecule has 0 aromatic rings. The van der Waals surface area contributed by atoms with E-state index < -0.39 is 11.0 Å². The van der Waals surface area contributed by atoms with Crippen LogP contribution in [0, 0.1) is 50.2 Å². The molecule has 6 heteroatoms. The first-order chi connectivity index (χ1) is 19.1. The average molecular weight is 584 g/mol. The Balaban J connectivity index is 1.51. The van der Waals surface area contributed by atoms with Crippen molar-refractivity contribution in [1.82, 2.24) is 5.48 Å². The highest BCUT2D eigenvalue weighted by Gasteiger charge is 2.70. The van der Waals surface area contributed by atoms with E-state index in [1.807, 2.05) is 20.8 Å². The highest BCUT2D eigenvalue weighted by atomic mass is 16.7. The summed E-state index contributed by atoms with van der Waals surface area (Å²) in [7, 11) is 0. The fourth-order valence-electron chi connectivity index (χ4n) is 11.1. The van der Waals surface area contributed by atoms with Crippen LogP contribution in [0.25, 0.3) is 0 Å². The SMILES string of the molecule is CC(=O)O[C@H]1CC[C@@]2(C)C(CC[C@]3(C)C2C(=O)C=C2C4C[C@@](C)(C(=O)NOC(C)(C)C)CC[C@]4(C)CC[C@]23C)C1(C)C. The van der Waals surface area contributed by atoms with E-state index in [1.54, 1.807) is 0 Å². The van der Waals surface area contributed by atoms with Crippen molar-refractivity contribution >= 4 is 17.7 Å². The van der Waals surface area contributed by atoms with Crippen LogP contribution < -0.4 is 5.48 Å². The van der Waals surface area contributed by atoms with E-state index in [-0.39, 0.29) is 62.7 Å². The van der Waals surface area contributed by atoms with Crippen LogP contribution in [0.4, 0.5) is 0 Å². The van der Waals surface area contributed by atoms with Gasteiger partial charge >= 0.3 is 5.97 Å². The molecule has 0 aromatic heterocycles. The van der Waals surface area contributed by atoms with Gasteiger partial charge in [0.2, 0.25) is 5.91 Å². The second-order valence-electron chi connectivity index (χ2n) is 17.9. The molecule has 0 saturated heterocycles. The predicted molar refractivity (Wildman–Crippen MR) is 164 cm³/mol. The van der Waals surface area contributed by atoms with Gasteiger partial charge in [0.05, 0.1) is 5.60 Å². The molecule has 0 radical (unpaired) electrons. The lowest BCUT2D eigenvalue weighted by Crippen LogP contribution is -2.66. The van der Waals surface area contributed by atoms with E-state index in [4.69, 9.17) is 9.57 Å². The normalized spacial score (nSPS) is 46.3. The molecule has 1 N–H and O–H groups in total. The summed E-state index contributed by atoms with van der Waals surface area (Å²) in [6.07, 6.45) is 10.5. The molecule has 0 spiro atoms. The third-order valence-corrected chi connectivity index (χ3v) is 13.8. The topological polar surface area (TPSA) is 81.7 Å². The van der Waals surface area contributed by atoms with Gasteiger partial charge in [-0.05, 0) is 118 Å². The van der Waals surface area contributed by atoms with Crippen molar-refractivity contribution in [1.29, 1.82) is 0 Å². The Morgan fingerprint density at radius 2 is 1.55 bits per heavy atom. The van der Waals surface area contributed by atoms with Gasteiger partial charge in [-0.15, -0.1) is 0 Å². The Hall–Kier alpha value is -1.69. The zero-order chi connectivity index (χ0) is 31.3. The van der Waals surface area contributed by atoms with Crippen LogP contribution in [0.2, 0.25) is 0 Å². The standard InChI is InChI=1S/C36H57NO5/c1-22(38)41-27-13-14-34(9)26(31(27,5)6)12-15-36(11)28(34)25(39)20-23-24-21-33(8,29(40)37-42-30(2,3)4)17-16-32(24,7)18-19-35(23,36)10/h20,24,26-28H,12-19,21H2,1-11H3,(H,37,40)/t24?,26?,27-,28?,32+,33-,34-,35+,36+/m0/s1. The summed E-state index contributed by atoms with van der Waals surface area (Å²) in [5.41, 5.74) is 2.59. The highest BCUT2D eigenvalue weighted by molar-refractivity contribution is 5.95. The first kappa shape index (κ1) is 31.7. The monoisotopic (exact) mass is 583 g/mol. The molecular weight excluding hydrogens is 526 g/mol. The van der Waals surface area contributed by atoms with Crippen molar-refractivity contribution in [3.63, 3.8) is 0 Å². The summed E-state index contributed by atoms with van der Waals surface area (Å²) >= 11 is 0. The van der Waals surface area contributed by atoms with E-state index in [0.717, 1.165) is 57.8 Å². The lowest BCUT2D eigenvalue weighted by atomic mass is 9.33. The van der Waals surface area contributed by atoms with E-state index >= 15 is 0 Å². The summed E-state index contributed by atoms with van der Waals surface area (Å²) < 4.78 is 5.86. The van der Waals surface area contributed by atoms with Gasteiger partial charge in [0.25, 0.3) is 0 Å². The second-order valence-corrected chi connectivity index (χ2v) is 17.9. The van der Waals surface area contributed by atoms with Crippen LogP contribution in [-0.2, 0) is 24.0 Å². The Kier molecular flexibility index (Phi) is 7.29. The molecule has 42 heavy (non-hydrogen) atoms. The molecule has 4 saturated carbocycles. The molecule has 0 heterocycles. The summed E-state index contributed by atoms with van der Waals surface area (Å²) in [6.45, 7) is 23.6. The molecule has 0 bridgehead atoms. The summed E-state index contributed by atoms with van der Waals surface area (Å²) in [5.74, 6) is 0.475. The number of allylic oxidation sites excluding steroid dienone is 2. The third-order valence-electron chi connectivity index (χ3n) is 13.8. The van der Waals surface area contributed by atoms with E-state index in [0.29, 0.717) is 5.92 Å². The van der Waals surface area contributed by atoms with Gasteiger partial charge in [0, 0.05) is 23.7 Å². The first-order valence-electron chi connectivity index (χ1n) is 16.5. The number of amides is 1. The van der Waals surface area contributed by atoms with Crippen molar-refractivity contribution in [2.75, 3.05) is 0 Å². The lowest BCUT2D eigenvalue weighted by Gasteiger charge is -2.70. The van der Waals surface area contributed by atoms with Crippen molar-refractivity contribution in [2.45, 2.75) is 146 Å². The first-order valence-corrected chi connectivity index (χ1v) is 16.5. The number of hydroxylamine groups is 1. The quantitative estimate of drug-likeness (QED) is 0.271. The second kappa shape index (κ2) is 9.65. The molecule has 236 valence electrons. The third kappa shape index (κ3) is 4.55. The molecule has 3 unspecified atom stereocenters. The number of nitrogens with one attached hydrogen (secondary N) is 1. The zero-order valence-electron chi connectivity index (χ0n) is 28.3. The highest BCUT2D eigenvalue weighted by Crippen LogP contribution is 2.75. The van der Waals surface area contributed by atoms with Gasteiger partial charge in [-0.2, -0.15) is 0 Å². The smallest absolute Gasteiger partial charge is 0.302 e. The average Bonchev–Trinajstić information content (AvgIpc) is 2.86. The molecule has 9 atom stereocenters. The molecule has 0 aliphatic heterocycles. The van der Waals surface area contributed by atoms with Gasteiger partial charge in [-0.3, -0.25) is 19.2 Å². The van der Waals surface area contributed by atoms with Gasteiger partial charge in [-0.25, -0.2) is 5.48 Å². The van der Waals surface area contributed by atoms with Crippen LogP contribution in [0.5, 0.6) is 0 Å². The molecule has 5 aliphatic rings. The van der Waals surface area contributed by atoms with E-state index in [1.165, 1.54) is 12.5 Å². The van der Waals surface area contributed by atoms with Crippen LogP contribution >= 0.6 is 0 Å². The minimum absolute atomic E-state index is 0.0432. The maximum absolute atomic E-state index is 14.6. The lowest BCUT2D eigenvalue weighted by molar-refractivity contribution is -0.210. The molecule has 0 aromatic carbocycles. The fourth-order valence-corrected chi connectivity index (χ4v) is 11.1. The number of carbonyl (C=O) groups is 3. The number of esters is 1. The molecule has 1 amide bonds. The maximum Gasteiger partial charge on any atom is 0.302 e. The summed E-state index contributed by atoms with van der Waals surface area (Å²) in [6, 6.07) is 0. The Morgan fingerprint density at radius 1 is 0.905 bits per heavy atom. The van der Waals surface area contributed by atoms with Crippen LogP contribution in [0.1, 0.15) is 134 Å². The van der Waals surface area contributed by atoms with Gasteiger partial charge in [0.1, 0.15) is 6.10 Å². The molecule has 6 nitrogen and oxygen atoms in total. The molecular formula is C36H57NO5. The Bertz CT molecular complexity index is 1200. The van der Waals surface area contributed by atoms with Gasteiger partial charge in [-0.1, -0.05) is 54.0 Å². The van der Waals surface area contributed by atoms with Gasteiger partial charge in [0.15, 0.2) is 5.78 Å². The Morgan fingerprint density at radius 3 is 2.17 bits per heavy atom. The van der Waals surface area contributed by atoms with Crippen LogP contribution in [0.15, 0.2) is 11.6 Å². The maximum atomic E-state index is 14.6. The Labute approximate surface area is 254 Å².